The molecule has 0 amide bonds. The molecule has 182 valence electrons. The van der Waals surface area contributed by atoms with E-state index in [-0.39, 0.29) is 16.9 Å². The van der Waals surface area contributed by atoms with E-state index in [1.807, 2.05) is 26.0 Å². The number of benzene rings is 1. The van der Waals surface area contributed by atoms with Gasteiger partial charge in [0, 0.05) is 37.4 Å². The van der Waals surface area contributed by atoms with Gasteiger partial charge in [0.25, 0.3) is 5.56 Å². The van der Waals surface area contributed by atoms with Crippen molar-refractivity contribution in [3.8, 4) is 5.75 Å². The Labute approximate surface area is 205 Å². The van der Waals surface area contributed by atoms with Crippen LogP contribution in [0.2, 0.25) is 0 Å². The molecule has 2 aromatic rings. The highest BCUT2D eigenvalue weighted by molar-refractivity contribution is 7.71. The van der Waals surface area contributed by atoms with Crippen LogP contribution in [-0.2, 0) is 25.0 Å². The summed E-state index contributed by atoms with van der Waals surface area (Å²) in [7, 11) is 10.2. The SMILES string of the molecule is CO.CO.[B]C([B])(OP1(=O)OCc2cc(C)cc(C)c2O1)C1CCC(n2ccc(=O)[nH]c2=S)O1. The predicted molar refractivity (Wildman–Crippen MR) is 130 cm³/mol. The number of hydrogen-bond acceptors (Lipinski definition) is 9. The summed E-state index contributed by atoms with van der Waals surface area (Å²) in [4.78, 5) is 13.9. The van der Waals surface area contributed by atoms with Crippen LogP contribution in [0.4, 0.5) is 0 Å². The van der Waals surface area contributed by atoms with E-state index in [0.29, 0.717) is 18.6 Å². The van der Waals surface area contributed by atoms with Crippen molar-refractivity contribution in [2.24, 2.45) is 0 Å². The maximum absolute atomic E-state index is 13.1. The van der Waals surface area contributed by atoms with Crippen molar-refractivity contribution in [1.29, 1.82) is 0 Å². The summed E-state index contributed by atoms with van der Waals surface area (Å²) in [6.45, 7) is 3.84. The average molecular weight is 508 g/mol. The third-order valence-corrected chi connectivity index (χ3v) is 6.71. The van der Waals surface area contributed by atoms with Crippen LogP contribution in [0.15, 0.2) is 29.2 Å². The molecule has 1 saturated heterocycles. The minimum Gasteiger partial charge on any atom is -0.403 e. The zero-order chi connectivity index (χ0) is 25.7. The average Bonchev–Trinajstić information content (AvgIpc) is 3.28. The van der Waals surface area contributed by atoms with E-state index in [9.17, 15) is 9.36 Å². The summed E-state index contributed by atoms with van der Waals surface area (Å²) >= 11 is 5.16. The van der Waals surface area contributed by atoms with Gasteiger partial charge in [-0.1, -0.05) is 17.7 Å². The Balaban J connectivity index is 0.000000970. The molecule has 2 aliphatic heterocycles. The monoisotopic (exact) mass is 508 g/mol. The van der Waals surface area contributed by atoms with Gasteiger partial charge in [-0.15, -0.1) is 0 Å². The van der Waals surface area contributed by atoms with Crippen LogP contribution in [0.5, 0.6) is 5.75 Å². The summed E-state index contributed by atoms with van der Waals surface area (Å²) in [6, 6.07) is 5.14. The van der Waals surface area contributed by atoms with Gasteiger partial charge in [0.15, 0.2) is 4.77 Å². The Kier molecular flexibility index (Phi) is 9.90. The molecule has 0 bridgehead atoms. The number of phosphoric acid groups is 1. The lowest BCUT2D eigenvalue weighted by molar-refractivity contribution is -0.0508. The maximum Gasteiger partial charge on any atom is 0.529 e. The van der Waals surface area contributed by atoms with Crippen molar-refractivity contribution in [1.82, 2.24) is 9.55 Å². The second-order valence-corrected chi connectivity index (χ2v) is 9.41. The molecule has 34 heavy (non-hydrogen) atoms. The summed E-state index contributed by atoms with van der Waals surface area (Å²) in [5.74, 6) is 0.441. The highest BCUT2D eigenvalue weighted by atomic mass is 32.1. The molecule has 3 atom stereocenters. The fourth-order valence-corrected chi connectivity index (χ4v) is 5.38. The van der Waals surface area contributed by atoms with E-state index in [1.54, 1.807) is 4.57 Å². The largest absolute Gasteiger partial charge is 0.529 e. The molecule has 1 aromatic carbocycles. The molecule has 2 aliphatic rings. The number of hydrogen-bond donors (Lipinski definition) is 3. The van der Waals surface area contributed by atoms with Crippen molar-refractivity contribution in [3.63, 3.8) is 0 Å². The minimum atomic E-state index is -4.07. The van der Waals surface area contributed by atoms with Crippen LogP contribution in [0, 0.1) is 18.6 Å². The van der Waals surface area contributed by atoms with Crippen LogP contribution in [0.25, 0.3) is 0 Å². The van der Waals surface area contributed by atoms with Crippen LogP contribution < -0.4 is 10.1 Å². The standard InChI is InChI=1S/C18H19B2N2O6PS.2CH4O/c1-10-7-11(2)16-12(8-10)9-25-29(24,27-16)28-18(19,20)13-3-4-15(26-13)22-6-5-14(23)21-17(22)30;2*1-2/h5-8,13,15H,3-4,9H2,1-2H3,(H,21,23,30);2*2H,1H3. The van der Waals surface area contributed by atoms with E-state index in [4.69, 9.17) is 56.4 Å². The number of nitrogens with one attached hydrogen (secondary N) is 1. The van der Waals surface area contributed by atoms with Gasteiger partial charge in [-0.3, -0.25) is 23.4 Å². The number of nitrogens with zero attached hydrogens (tertiary/aromatic N) is 1. The van der Waals surface area contributed by atoms with Crippen molar-refractivity contribution >= 4 is 35.7 Å². The van der Waals surface area contributed by atoms with Gasteiger partial charge >= 0.3 is 7.82 Å². The van der Waals surface area contributed by atoms with Crippen LogP contribution in [-0.4, -0.2) is 61.2 Å². The summed E-state index contributed by atoms with van der Waals surface area (Å²) in [5, 5.41) is 12.1. The summed E-state index contributed by atoms with van der Waals surface area (Å²) < 4.78 is 37.2. The van der Waals surface area contributed by atoms with Gasteiger partial charge < -0.3 is 19.5 Å². The van der Waals surface area contributed by atoms with Gasteiger partial charge in [-0.05, 0) is 44.5 Å². The van der Waals surface area contributed by atoms with Gasteiger partial charge in [0.1, 0.15) is 27.7 Å². The van der Waals surface area contributed by atoms with Gasteiger partial charge in [-0.25, -0.2) is 4.57 Å². The minimum absolute atomic E-state index is 0.0475. The number of ether oxygens (including phenoxy) is 1. The molecule has 3 N–H and O–H groups in total. The highest BCUT2D eigenvalue weighted by Gasteiger charge is 2.46. The first-order valence-electron chi connectivity index (χ1n) is 10.3. The van der Waals surface area contributed by atoms with E-state index in [2.05, 4.69) is 4.98 Å². The Morgan fingerprint density at radius 1 is 1.24 bits per heavy atom. The topological polar surface area (TPSA) is 132 Å². The third-order valence-electron chi connectivity index (χ3n) is 5.01. The lowest BCUT2D eigenvalue weighted by Gasteiger charge is -2.36. The zero-order valence-electron chi connectivity index (χ0n) is 19.4. The molecule has 3 unspecified atom stereocenters. The first-order valence-corrected chi connectivity index (χ1v) is 12.1. The van der Waals surface area contributed by atoms with Crippen molar-refractivity contribution < 1.29 is 33.1 Å². The molecule has 10 nitrogen and oxygen atoms in total. The van der Waals surface area contributed by atoms with Crippen LogP contribution >= 0.6 is 20.0 Å². The number of aryl methyl sites for hydroxylation is 2. The number of aliphatic hydroxyl groups excluding tert-OH is 2. The molecule has 0 saturated carbocycles. The molecule has 14 heteroatoms. The van der Waals surface area contributed by atoms with Crippen LogP contribution in [0.1, 0.15) is 35.8 Å². The molecule has 3 heterocycles. The third kappa shape index (κ3) is 6.48. The van der Waals surface area contributed by atoms with Gasteiger partial charge in [-0.2, -0.15) is 0 Å². The van der Waals surface area contributed by atoms with Gasteiger partial charge in [0.05, 0.1) is 12.7 Å². The fraction of sp³-hybridized carbons (Fsp3) is 0.500. The van der Waals surface area contributed by atoms with Crippen molar-refractivity contribution in [2.75, 3.05) is 14.2 Å². The first kappa shape index (κ1) is 28.5. The fourth-order valence-electron chi connectivity index (χ4n) is 3.67. The van der Waals surface area contributed by atoms with Crippen LogP contribution in [0.3, 0.4) is 0 Å². The Bertz CT molecular complexity index is 1160. The quantitative estimate of drug-likeness (QED) is 0.323. The number of rotatable bonds is 4. The number of aliphatic hydroxyl groups is 2. The number of aromatic amines is 1. The number of fused-ring (bicyclic) bond motifs is 1. The predicted octanol–water partition coefficient (Wildman–Crippen LogP) is 2.14. The van der Waals surface area contributed by atoms with Crippen molar-refractivity contribution in [2.45, 2.75) is 51.0 Å². The normalized spacial score (nSPS) is 23.5. The molecular formula is C20H27B2N2O8PS. The summed E-state index contributed by atoms with van der Waals surface area (Å²) in [6.07, 6.45) is 1.14. The van der Waals surface area contributed by atoms with E-state index >= 15 is 0 Å². The molecule has 1 fully saturated rings. The molecular weight excluding hydrogens is 481 g/mol. The van der Waals surface area contributed by atoms with Gasteiger partial charge in [0.2, 0.25) is 0 Å². The smallest absolute Gasteiger partial charge is 0.403 e. The Morgan fingerprint density at radius 3 is 2.56 bits per heavy atom. The zero-order valence-corrected chi connectivity index (χ0v) is 21.1. The number of phosphoric ester groups is 1. The first-order chi connectivity index (χ1) is 16.1. The molecule has 4 rings (SSSR count). The summed E-state index contributed by atoms with van der Waals surface area (Å²) in [5.41, 5.74) is 2.30. The number of aromatic nitrogens is 2. The van der Waals surface area contributed by atoms with E-state index in [0.717, 1.165) is 30.9 Å². The lowest BCUT2D eigenvalue weighted by Crippen LogP contribution is -2.46. The van der Waals surface area contributed by atoms with E-state index in [1.165, 1.54) is 12.3 Å². The maximum atomic E-state index is 13.1. The molecule has 4 radical (unpaired) electrons. The lowest BCUT2D eigenvalue weighted by atomic mass is 9.61. The van der Waals surface area contributed by atoms with E-state index < -0.39 is 25.6 Å². The Hall–Kier alpha value is -1.72. The second-order valence-electron chi connectivity index (χ2n) is 7.50. The highest BCUT2D eigenvalue weighted by Crippen LogP contribution is 2.58. The van der Waals surface area contributed by atoms with Crippen molar-refractivity contribution in [3.05, 3.63) is 56.2 Å². The Morgan fingerprint density at radius 2 is 1.91 bits per heavy atom. The molecule has 1 aromatic heterocycles. The number of H-pyrrole nitrogens is 1. The molecule has 0 aliphatic carbocycles. The second kappa shape index (κ2) is 11.8. The molecule has 0 spiro atoms.